The molecule has 27 heavy (non-hydrogen) atoms. The number of ether oxygens (including phenoxy) is 1. The monoisotopic (exact) mass is 383 g/mol. The average molecular weight is 383 g/mol. The van der Waals surface area contributed by atoms with E-state index in [4.69, 9.17) is 9.15 Å². The number of Topliss-reactive ketones (excluding diaryl/α,β-unsaturated/α-hetero) is 1. The van der Waals surface area contributed by atoms with Gasteiger partial charge >= 0.3 is 0 Å². The second-order valence-corrected chi connectivity index (χ2v) is 7.60. The zero-order valence-corrected chi connectivity index (χ0v) is 16.0. The molecule has 0 fully saturated rings. The van der Waals surface area contributed by atoms with Gasteiger partial charge in [0, 0.05) is 6.08 Å². The lowest BCUT2D eigenvalue weighted by Crippen LogP contribution is -2.19. The van der Waals surface area contributed by atoms with Gasteiger partial charge in [-0.25, -0.2) is 0 Å². The maximum atomic E-state index is 12.1. The van der Waals surface area contributed by atoms with Gasteiger partial charge in [0.15, 0.2) is 5.76 Å². The lowest BCUT2D eigenvalue weighted by molar-refractivity contribution is 0.103. The molecule has 1 N–H and O–H groups in total. The average Bonchev–Trinajstić information content (AvgIpc) is 3.27. The van der Waals surface area contributed by atoms with Crippen LogP contribution in [0.25, 0.3) is 12.2 Å². The number of carbonyl (C=O) groups excluding carboxylic acids is 1. The second kappa shape index (κ2) is 8.68. The first-order chi connectivity index (χ1) is 13.0. The molecule has 0 aliphatic rings. The minimum absolute atomic E-state index is 0.226. The Hall–Kier alpha value is -2.86. The van der Waals surface area contributed by atoms with Crippen molar-refractivity contribution in [1.29, 1.82) is 0 Å². The molecule has 0 radical (unpaired) electrons. The van der Waals surface area contributed by atoms with Crippen LogP contribution in [0, 0.1) is 5.92 Å². The number of hydrogen-bond donors (Lipinski definition) is 1. The molecule has 0 aliphatic heterocycles. The first-order valence-electron chi connectivity index (χ1n) is 8.74. The van der Waals surface area contributed by atoms with Crippen LogP contribution < -0.4 is 19.5 Å². The van der Waals surface area contributed by atoms with E-state index in [0.717, 1.165) is 17.7 Å². The number of H-pyrrole nitrogens is 1. The normalized spacial score (nSPS) is 12.7. The maximum Gasteiger partial charge on any atom is 0.266 e. The Morgan fingerprint density at radius 2 is 2.04 bits per heavy atom. The summed E-state index contributed by atoms with van der Waals surface area (Å²) in [6, 6.07) is 10.8. The fraction of sp³-hybridized carbons (Fsp3) is 0.238. The Kier molecular flexibility index (Phi) is 6.08. The van der Waals surface area contributed by atoms with Crippen LogP contribution in [0.3, 0.4) is 0 Å². The topological polar surface area (TPSA) is 72.3 Å². The van der Waals surface area contributed by atoms with Crippen LogP contribution in [0.5, 0.6) is 5.75 Å². The number of thiazole rings is 1. The Bertz CT molecular complexity index is 1060. The molecule has 0 saturated carbocycles. The molecule has 3 aromatic rings. The molecule has 0 unspecified atom stereocenters. The summed E-state index contributed by atoms with van der Waals surface area (Å²) in [6.45, 7) is 5.01. The van der Waals surface area contributed by atoms with Crippen LogP contribution in [-0.2, 0) is 0 Å². The third-order valence-corrected chi connectivity index (χ3v) is 4.81. The quantitative estimate of drug-likeness (QED) is 0.637. The molecule has 0 bridgehead atoms. The number of rotatable bonds is 7. The predicted octanol–water partition coefficient (Wildman–Crippen LogP) is 2.95. The molecular weight excluding hydrogens is 362 g/mol. The zero-order chi connectivity index (χ0) is 19.2. The summed E-state index contributed by atoms with van der Waals surface area (Å²) in [4.78, 5) is 26.9. The maximum absolute atomic E-state index is 12.1. The molecule has 3 rings (SSSR count). The molecule has 140 valence electrons. The van der Waals surface area contributed by atoms with E-state index in [0.29, 0.717) is 21.7 Å². The Morgan fingerprint density at radius 3 is 2.70 bits per heavy atom. The minimum Gasteiger partial charge on any atom is -0.494 e. The fourth-order valence-corrected chi connectivity index (χ4v) is 3.24. The van der Waals surface area contributed by atoms with Gasteiger partial charge in [0.25, 0.3) is 5.56 Å². The van der Waals surface area contributed by atoms with Gasteiger partial charge in [-0.1, -0.05) is 26.0 Å². The van der Waals surface area contributed by atoms with E-state index in [-0.39, 0.29) is 17.1 Å². The van der Waals surface area contributed by atoms with Crippen molar-refractivity contribution in [2.24, 2.45) is 5.92 Å². The van der Waals surface area contributed by atoms with E-state index in [1.165, 1.54) is 23.7 Å². The lowest BCUT2D eigenvalue weighted by atomic mass is 10.1. The standard InChI is InChI=1S/C21H21NO4S/c1-14(2)9-11-25-16-7-5-15(6-8-16)12-19-21(24)22-20(27-19)13-17(23)18-4-3-10-26-18/h3-8,10,12-14H,9,11H2,1-2H3,(H,22,24)/b19-12-,20-13-. The van der Waals surface area contributed by atoms with Crippen LogP contribution >= 0.6 is 11.3 Å². The van der Waals surface area contributed by atoms with Crippen LogP contribution in [0.1, 0.15) is 36.4 Å². The number of aromatic amines is 1. The third-order valence-electron chi connectivity index (χ3n) is 3.85. The van der Waals surface area contributed by atoms with E-state index in [9.17, 15) is 9.59 Å². The van der Waals surface area contributed by atoms with E-state index < -0.39 is 0 Å². The summed E-state index contributed by atoms with van der Waals surface area (Å²) in [5, 5.41) is 0. The number of hydrogen-bond acceptors (Lipinski definition) is 5. The largest absolute Gasteiger partial charge is 0.494 e. The molecule has 1 aromatic carbocycles. The van der Waals surface area contributed by atoms with Gasteiger partial charge in [-0.3, -0.25) is 9.59 Å². The molecule has 5 nitrogen and oxygen atoms in total. The summed E-state index contributed by atoms with van der Waals surface area (Å²) >= 11 is 1.23. The fourth-order valence-electron chi connectivity index (χ4n) is 2.36. The Balaban J connectivity index is 1.76. The van der Waals surface area contributed by atoms with E-state index in [1.54, 1.807) is 18.2 Å². The predicted molar refractivity (Wildman–Crippen MR) is 107 cm³/mol. The number of aromatic nitrogens is 1. The summed E-state index contributed by atoms with van der Waals surface area (Å²) in [5.41, 5.74) is 0.665. The van der Waals surface area contributed by atoms with Crippen LogP contribution in [0.2, 0.25) is 0 Å². The summed E-state index contributed by atoms with van der Waals surface area (Å²) in [6.07, 6.45) is 5.60. The van der Waals surface area contributed by atoms with Crippen LogP contribution in [0.4, 0.5) is 0 Å². The summed E-state index contributed by atoms with van der Waals surface area (Å²) < 4.78 is 11.8. The van der Waals surface area contributed by atoms with Crippen molar-refractivity contribution >= 4 is 29.3 Å². The van der Waals surface area contributed by atoms with E-state index in [2.05, 4.69) is 18.8 Å². The van der Waals surface area contributed by atoms with E-state index >= 15 is 0 Å². The molecule has 0 atom stereocenters. The molecule has 6 heteroatoms. The van der Waals surface area contributed by atoms with Gasteiger partial charge in [-0.2, -0.15) is 0 Å². The van der Waals surface area contributed by atoms with Crippen molar-refractivity contribution in [2.75, 3.05) is 6.61 Å². The highest BCUT2D eigenvalue weighted by Crippen LogP contribution is 2.13. The summed E-state index contributed by atoms with van der Waals surface area (Å²) in [7, 11) is 0. The van der Waals surface area contributed by atoms with E-state index in [1.807, 2.05) is 24.3 Å². The molecular formula is C21H21NO4S. The van der Waals surface area contributed by atoms with Gasteiger partial charge in [0.05, 0.1) is 22.1 Å². The molecule has 0 saturated heterocycles. The van der Waals surface area contributed by atoms with Crippen molar-refractivity contribution < 1.29 is 13.9 Å². The number of benzene rings is 1. The zero-order valence-electron chi connectivity index (χ0n) is 15.2. The smallest absolute Gasteiger partial charge is 0.266 e. The van der Waals surface area contributed by atoms with Crippen molar-refractivity contribution in [3.05, 3.63) is 73.5 Å². The number of nitrogens with one attached hydrogen (secondary N) is 1. The van der Waals surface area contributed by atoms with Crippen LogP contribution in [-0.4, -0.2) is 17.4 Å². The van der Waals surface area contributed by atoms with Gasteiger partial charge < -0.3 is 14.1 Å². The first kappa shape index (κ1) is 18.9. The molecule has 2 heterocycles. The Morgan fingerprint density at radius 1 is 1.26 bits per heavy atom. The summed E-state index contributed by atoms with van der Waals surface area (Å²) in [5.74, 6) is 1.37. The lowest BCUT2D eigenvalue weighted by Gasteiger charge is -2.07. The molecule has 0 aliphatic carbocycles. The molecule has 0 amide bonds. The minimum atomic E-state index is -0.285. The van der Waals surface area contributed by atoms with Crippen molar-refractivity contribution in [2.45, 2.75) is 20.3 Å². The molecule has 2 aromatic heterocycles. The van der Waals surface area contributed by atoms with Crippen molar-refractivity contribution in [3.63, 3.8) is 0 Å². The van der Waals surface area contributed by atoms with Crippen molar-refractivity contribution in [1.82, 2.24) is 4.98 Å². The van der Waals surface area contributed by atoms with Crippen molar-refractivity contribution in [3.8, 4) is 5.75 Å². The number of ketones is 1. The second-order valence-electron chi connectivity index (χ2n) is 6.51. The number of carbonyl (C=O) groups is 1. The highest BCUT2D eigenvalue weighted by Gasteiger charge is 2.05. The highest BCUT2D eigenvalue weighted by atomic mass is 32.1. The van der Waals surface area contributed by atoms with Gasteiger partial charge in [-0.15, -0.1) is 11.3 Å². The molecule has 0 spiro atoms. The van der Waals surface area contributed by atoms with Crippen LogP contribution in [0.15, 0.2) is 51.9 Å². The highest BCUT2D eigenvalue weighted by molar-refractivity contribution is 7.07. The third kappa shape index (κ3) is 5.31. The Labute approximate surface area is 160 Å². The first-order valence-corrected chi connectivity index (χ1v) is 9.56. The van der Waals surface area contributed by atoms with Gasteiger partial charge in [0.2, 0.25) is 5.78 Å². The SMILES string of the molecule is CC(C)CCOc1ccc(/C=c2\s/c(=C\C(=O)c3ccco3)[nH]c2=O)cc1. The number of furan rings is 1. The van der Waals surface area contributed by atoms with Gasteiger partial charge in [-0.05, 0) is 48.2 Å². The van der Waals surface area contributed by atoms with Gasteiger partial charge in [0.1, 0.15) is 5.75 Å².